The van der Waals surface area contributed by atoms with Crippen molar-refractivity contribution in [2.45, 2.75) is 25.3 Å². The van der Waals surface area contributed by atoms with Crippen molar-refractivity contribution >= 4 is 28.4 Å². The Labute approximate surface area is 151 Å². The number of ether oxygens (including phenoxy) is 1. The zero-order valence-corrected chi connectivity index (χ0v) is 14.5. The number of hydrogen-bond acceptors (Lipinski definition) is 2. The molecule has 0 saturated heterocycles. The molecule has 25 heavy (non-hydrogen) atoms. The van der Waals surface area contributed by atoms with Crippen LogP contribution in [-0.4, -0.2) is 17.5 Å². The van der Waals surface area contributed by atoms with Crippen LogP contribution in [0.2, 0.25) is 5.02 Å². The summed E-state index contributed by atoms with van der Waals surface area (Å²) in [5, 5.41) is 4.95. The minimum absolute atomic E-state index is 0.0107. The lowest BCUT2D eigenvalue weighted by Crippen LogP contribution is -2.34. The summed E-state index contributed by atoms with van der Waals surface area (Å²) in [6.45, 7) is 0.0107. The number of nitrogens with one attached hydrogen (secondary N) is 2. The molecule has 1 atom stereocenters. The molecular formula is C20H19ClN2O2. The number of aromatic nitrogens is 1. The van der Waals surface area contributed by atoms with Gasteiger partial charge in [0.2, 0.25) is 0 Å². The normalized spacial score (nSPS) is 16.4. The molecule has 0 unspecified atom stereocenters. The molecule has 1 heterocycles. The average molecular weight is 355 g/mol. The molecule has 1 amide bonds. The number of aryl methyl sites for hydroxylation is 1. The van der Waals surface area contributed by atoms with Crippen LogP contribution in [0.5, 0.6) is 5.75 Å². The first kappa shape index (κ1) is 16.0. The van der Waals surface area contributed by atoms with Crippen molar-refractivity contribution in [2.24, 2.45) is 0 Å². The van der Waals surface area contributed by atoms with Crippen LogP contribution in [-0.2, 0) is 11.2 Å². The zero-order chi connectivity index (χ0) is 17.2. The lowest BCUT2D eigenvalue weighted by atomic mass is 9.91. The van der Waals surface area contributed by atoms with Crippen molar-refractivity contribution in [3.05, 3.63) is 64.8 Å². The number of hydrogen-bond donors (Lipinski definition) is 2. The molecule has 4 nitrogen and oxygen atoms in total. The number of amides is 1. The summed E-state index contributed by atoms with van der Waals surface area (Å²) in [6.07, 6.45) is 2.95. The van der Waals surface area contributed by atoms with E-state index in [1.807, 2.05) is 42.5 Å². The summed E-state index contributed by atoms with van der Waals surface area (Å²) in [7, 11) is 0. The van der Waals surface area contributed by atoms with Crippen LogP contribution in [0.1, 0.15) is 30.1 Å². The SMILES string of the molecule is O=C(COc1ccccc1)N[C@H]1CCCc2c1[nH]c1c(Cl)cccc21. The third-order valence-corrected chi connectivity index (χ3v) is 4.95. The van der Waals surface area contributed by atoms with Crippen molar-refractivity contribution in [1.29, 1.82) is 0 Å². The molecule has 0 spiro atoms. The Morgan fingerprint density at radius 3 is 2.88 bits per heavy atom. The first-order valence-electron chi connectivity index (χ1n) is 8.48. The number of H-pyrrole nitrogens is 1. The molecule has 5 heteroatoms. The van der Waals surface area contributed by atoms with E-state index in [1.165, 1.54) is 5.56 Å². The molecule has 3 aromatic rings. The number of rotatable bonds is 4. The van der Waals surface area contributed by atoms with Crippen LogP contribution < -0.4 is 10.1 Å². The third kappa shape index (κ3) is 3.22. The van der Waals surface area contributed by atoms with Gasteiger partial charge in [0, 0.05) is 11.1 Å². The molecule has 0 aliphatic heterocycles. The van der Waals surface area contributed by atoms with E-state index in [1.54, 1.807) is 0 Å². The van der Waals surface area contributed by atoms with Gasteiger partial charge in [-0.05, 0) is 43.0 Å². The fourth-order valence-electron chi connectivity index (χ4n) is 3.50. The summed E-state index contributed by atoms with van der Waals surface area (Å²) in [5.41, 5.74) is 3.29. The van der Waals surface area contributed by atoms with Gasteiger partial charge in [-0.2, -0.15) is 0 Å². The van der Waals surface area contributed by atoms with Gasteiger partial charge in [0.05, 0.1) is 16.6 Å². The number of carbonyl (C=O) groups excluding carboxylic acids is 1. The quantitative estimate of drug-likeness (QED) is 0.729. The van der Waals surface area contributed by atoms with Crippen molar-refractivity contribution in [3.63, 3.8) is 0 Å². The largest absolute Gasteiger partial charge is 0.484 e. The maximum absolute atomic E-state index is 12.3. The highest BCUT2D eigenvalue weighted by molar-refractivity contribution is 6.35. The van der Waals surface area contributed by atoms with Gasteiger partial charge in [-0.3, -0.25) is 4.79 Å². The van der Waals surface area contributed by atoms with Gasteiger partial charge in [0.15, 0.2) is 6.61 Å². The first-order valence-corrected chi connectivity index (χ1v) is 8.86. The maximum Gasteiger partial charge on any atom is 0.258 e. The van der Waals surface area contributed by atoms with Gasteiger partial charge in [-0.1, -0.05) is 41.9 Å². The second-order valence-corrected chi connectivity index (χ2v) is 6.70. The molecule has 0 bridgehead atoms. The van der Waals surface area contributed by atoms with E-state index in [2.05, 4.69) is 16.4 Å². The Bertz CT molecular complexity index is 905. The summed E-state index contributed by atoms with van der Waals surface area (Å²) < 4.78 is 5.53. The number of halogens is 1. The molecule has 128 valence electrons. The maximum atomic E-state index is 12.3. The molecule has 1 aliphatic rings. The summed E-state index contributed by atoms with van der Waals surface area (Å²) in [6, 6.07) is 15.3. The fraction of sp³-hybridized carbons (Fsp3) is 0.250. The molecule has 2 N–H and O–H groups in total. The van der Waals surface area contributed by atoms with E-state index >= 15 is 0 Å². The van der Waals surface area contributed by atoms with Crippen LogP contribution in [0, 0.1) is 0 Å². The van der Waals surface area contributed by atoms with E-state index in [0.717, 1.165) is 35.9 Å². The fourth-order valence-corrected chi connectivity index (χ4v) is 3.72. The van der Waals surface area contributed by atoms with Crippen LogP contribution in [0.4, 0.5) is 0 Å². The molecule has 1 aromatic heterocycles. The Kier molecular flexibility index (Phi) is 4.36. The number of benzene rings is 2. The topological polar surface area (TPSA) is 54.1 Å². The van der Waals surface area contributed by atoms with Gasteiger partial charge < -0.3 is 15.0 Å². The number of para-hydroxylation sites is 2. The summed E-state index contributed by atoms with van der Waals surface area (Å²) in [4.78, 5) is 15.7. The van der Waals surface area contributed by atoms with Crippen LogP contribution in [0.3, 0.4) is 0 Å². The Hall–Kier alpha value is -2.46. The highest BCUT2D eigenvalue weighted by Crippen LogP contribution is 2.36. The van der Waals surface area contributed by atoms with Gasteiger partial charge in [-0.15, -0.1) is 0 Å². The predicted molar refractivity (Wildman–Crippen MR) is 99.1 cm³/mol. The lowest BCUT2D eigenvalue weighted by Gasteiger charge is -2.23. The second-order valence-electron chi connectivity index (χ2n) is 6.29. The monoisotopic (exact) mass is 354 g/mol. The molecule has 0 fully saturated rings. The Morgan fingerprint density at radius 2 is 2.04 bits per heavy atom. The standard InChI is InChI=1S/C20H19ClN2O2/c21-16-10-4-8-14-15-9-5-11-17(20(15)23-19(14)16)22-18(24)12-25-13-6-2-1-3-7-13/h1-4,6-8,10,17,23H,5,9,11-12H2,(H,22,24)/t17-/m0/s1. The highest BCUT2D eigenvalue weighted by atomic mass is 35.5. The van der Waals surface area contributed by atoms with Crippen LogP contribution in [0.15, 0.2) is 48.5 Å². The third-order valence-electron chi connectivity index (χ3n) is 4.64. The minimum Gasteiger partial charge on any atom is -0.484 e. The molecule has 1 aliphatic carbocycles. The van der Waals surface area contributed by atoms with E-state index in [9.17, 15) is 4.79 Å². The first-order chi connectivity index (χ1) is 12.2. The summed E-state index contributed by atoms with van der Waals surface area (Å²) in [5.74, 6) is 0.575. The van der Waals surface area contributed by atoms with E-state index in [4.69, 9.17) is 16.3 Å². The predicted octanol–water partition coefficient (Wildman–Crippen LogP) is 4.39. The number of aromatic amines is 1. The van der Waals surface area contributed by atoms with Crippen LogP contribution >= 0.6 is 11.6 Å². The van der Waals surface area contributed by atoms with Gasteiger partial charge in [-0.25, -0.2) is 0 Å². The summed E-state index contributed by atoms with van der Waals surface area (Å²) >= 11 is 6.31. The molecule has 2 aromatic carbocycles. The van der Waals surface area contributed by atoms with E-state index in [-0.39, 0.29) is 18.6 Å². The Balaban J connectivity index is 1.50. The average Bonchev–Trinajstić information content (AvgIpc) is 3.02. The van der Waals surface area contributed by atoms with Crippen molar-refractivity contribution in [3.8, 4) is 5.75 Å². The molecule has 4 rings (SSSR count). The minimum atomic E-state index is -0.119. The van der Waals surface area contributed by atoms with Crippen molar-refractivity contribution in [1.82, 2.24) is 10.3 Å². The van der Waals surface area contributed by atoms with Crippen LogP contribution in [0.25, 0.3) is 10.9 Å². The van der Waals surface area contributed by atoms with E-state index in [0.29, 0.717) is 10.8 Å². The zero-order valence-electron chi connectivity index (χ0n) is 13.7. The van der Waals surface area contributed by atoms with Gasteiger partial charge >= 0.3 is 0 Å². The Morgan fingerprint density at radius 1 is 1.20 bits per heavy atom. The molecule has 0 saturated carbocycles. The van der Waals surface area contributed by atoms with Gasteiger partial charge in [0.25, 0.3) is 5.91 Å². The van der Waals surface area contributed by atoms with E-state index < -0.39 is 0 Å². The molecule has 0 radical (unpaired) electrons. The number of carbonyl (C=O) groups is 1. The highest BCUT2D eigenvalue weighted by Gasteiger charge is 2.26. The van der Waals surface area contributed by atoms with Gasteiger partial charge in [0.1, 0.15) is 5.75 Å². The lowest BCUT2D eigenvalue weighted by molar-refractivity contribution is -0.124. The molecular weight excluding hydrogens is 336 g/mol. The van der Waals surface area contributed by atoms with Crippen molar-refractivity contribution < 1.29 is 9.53 Å². The smallest absolute Gasteiger partial charge is 0.258 e. The second kappa shape index (κ2) is 6.81. The number of fused-ring (bicyclic) bond motifs is 3. The van der Waals surface area contributed by atoms with Crippen molar-refractivity contribution in [2.75, 3.05) is 6.61 Å².